The summed E-state index contributed by atoms with van der Waals surface area (Å²) in [5, 5.41) is 0. The van der Waals surface area contributed by atoms with Crippen molar-refractivity contribution >= 4 is 6.08 Å². The second kappa shape index (κ2) is 4.15. The van der Waals surface area contributed by atoms with Crippen LogP contribution in [0.1, 0.15) is 6.42 Å². The first kappa shape index (κ1) is 11.0. The third-order valence-electron chi connectivity index (χ3n) is 0.950. The van der Waals surface area contributed by atoms with Crippen molar-refractivity contribution in [2.75, 3.05) is 0 Å². The maximum atomic E-state index is 11.6. The van der Waals surface area contributed by atoms with E-state index in [1.165, 1.54) is 0 Å². The van der Waals surface area contributed by atoms with E-state index in [4.69, 9.17) is 0 Å². The molecule has 2 nitrogen and oxygen atoms in total. The normalized spacial score (nSPS) is 14.2. The molecule has 0 saturated carbocycles. The summed E-state index contributed by atoms with van der Waals surface area (Å²) in [4.78, 5) is 11.7. The molecule has 0 fully saturated rings. The lowest BCUT2D eigenvalue weighted by molar-refractivity contribution is -0.145. The summed E-state index contributed by atoms with van der Waals surface area (Å²) < 4.78 is 57.7. The highest BCUT2D eigenvalue weighted by Crippen LogP contribution is 2.25. The number of alkyl halides is 5. The fraction of sp³-hybridized carbons (Fsp3) is 0.800. The molecular weight excluding hydrogens is 185 g/mol. The molecule has 0 bridgehead atoms. The molecule has 0 amide bonds. The molecule has 1 atom stereocenters. The molecule has 1 unspecified atom stereocenters. The van der Waals surface area contributed by atoms with Gasteiger partial charge in [-0.3, -0.25) is 0 Å². The highest BCUT2D eigenvalue weighted by molar-refractivity contribution is 5.33. The molecule has 0 aliphatic carbocycles. The molecule has 0 saturated heterocycles. The van der Waals surface area contributed by atoms with Crippen molar-refractivity contribution in [1.29, 1.82) is 0 Å². The molecule has 0 aromatic heterocycles. The Kier molecular flexibility index (Phi) is 3.82. The van der Waals surface area contributed by atoms with Gasteiger partial charge in [0, 0.05) is 0 Å². The molecule has 0 rings (SSSR count). The zero-order valence-corrected chi connectivity index (χ0v) is 5.61. The first-order valence-corrected chi connectivity index (χ1v) is 2.78. The topological polar surface area (TPSA) is 29.4 Å². The van der Waals surface area contributed by atoms with Gasteiger partial charge in [0.05, 0.1) is 6.42 Å². The molecule has 12 heavy (non-hydrogen) atoms. The Balaban J connectivity index is 4.24. The summed E-state index contributed by atoms with van der Waals surface area (Å²) in [6.07, 6.45) is -9.19. The molecule has 0 aliphatic heterocycles. The monoisotopic (exact) mass is 189 g/mol. The quantitative estimate of drug-likeness (QED) is 0.378. The molecule has 0 radical (unpaired) electrons. The van der Waals surface area contributed by atoms with Crippen molar-refractivity contribution < 1.29 is 26.7 Å². The van der Waals surface area contributed by atoms with Gasteiger partial charge in [-0.25, -0.2) is 13.6 Å². The number of hydrogen-bond donors (Lipinski definition) is 0. The van der Waals surface area contributed by atoms with E-state index in [0.717, 1.165) is 0 Å². The van der Waals surface area contributed by atoms with Gasteiger partial charge in [-0.2, -0.15) is 18.2 Å². The van der Waals surface area contributed by atoms with Crippen LogP contribution in [0.3, 0.4) is 0 Å². The second-order valence-corrected chi connectivity index (χ2v) is 1.94. The van der Waals surface area contributed by atoms with E-state index in [1.54, 1.807) is 0 Å². The fourth-order valence-electron chi connectivity index (χ4n) is 0.496. The lowest BCUT2D eigenvalue weighted by Gasteiger charge is -2.11. The first-order chi connectivity index (χ1) is 5.37. The smallest absolute Gasteiger partial charge is 0.211 e. The minimum absolute atomic E-state index is 0.667. The molecule has 70 valence electrons. The van der Waals surface area contributed by atoms with E-state index in [-0.39, 0.29) is 0 Å². The zero-order valence-electron chi connectivity index (χ0n) is 5.61. The van der Waals surface area contributed by atoms with Gasteiger partial charge < -0.3 is 0 Å². The number of isocyanates is 1. The van der Waals surface area contributed by atoms with Crippen LogP contribution in [-0.2, 0) is 4.79 Å². The van der Waals surface area contributed by atoms with Crippen LogP contribution < -0.4 is 0 Å². The second-order valence-electron chi connectivity index (χ2n) is 1.94. The van der Waals surface area contributed by atoms with Gasteiger partial charge in [0.1, 0.15) is 6.04 Å². The van der Waals surface area contributed by atoms with E-state index in [1.807, 2.05) is 0 Å². The third kappa shape index (κ3) is 4.79. The third-order valence-corrected chi connectivity index (χ3v) is 0.950. The minimum Gasteiger partial charge on any atom is -0.211 e. The van der Waals surface area contributed by atoms with Crippen molar-refractivity contribution in [3.05, 3.63) is 0 Å². The van der Waals surface area contributed by atoms with Gasteiger partial charge in [0.15, 0.2) is 0 Å². The predicted octanol–water partition coefficient (Wildman–Crippen LogP) is 1.91. The summed E-state index contributed by atoms with van der Waals surface area (Å²) in [5.74, 6) is 0. The van der Waals surface area contributed by atoms with Crippen molar-refractivity contribution in [3.8, 4) is 0 Å². The Morgan fingerprint density at radius 2 is 1.83 bits per heavy atom. The van der Waals surface area contributed by atoms with Crippen LogP contribution in [-0.4, -0.2) is 24.7 Å². The van der Waals surface area contributed by atoms with E-state index in [2.05, 4.69) is 4.99 Å². The summed E-state index contributed by atoms with van der Waals surface area (Å²) in [6.45, 7) is 0. The number of carbonyl (C=O) groups excluding carboxylic acids is 1. The Morgan fingerprint density at radius 1 is 1.33 bits per heavy atom. The van der Waals surface area contributed by atoms with E-state index < -0.39 is 25.1 Å². The van der Waals surface area contributed by atoms with Gasteiger partial charge in [-0.15, -0.1) is 0 Å². The summed E-state index contributed by atoms with van der Waals surface area (Å²) in [7, 11) is 0. The van der Waals surface area contributed by atoms with Crippen molar-refractivity contribution in [2.24, 2.45) is 4.99 Å². The fourth-order valence-corrected chi connectivity index (χ4v) is 0.496. The molecule has 0 heterocycles. The Labute approximate surface area is 64.1 Å². The van der Waals surface area contributed by atoms with E-state index in [0.29, 0.717) is 6.08 Å². The van der Waals surface area contributed by atoms with Crippen molar-refractivity contribution in [2.45, 2.75) is 25.1 Å². The van der Waals surface area contributed by atoms with Gasteiger partial charge in [-0.05, 0) is 0 Å². The maximum Gasteiger partial charge on any atom is 0.391 e. The first-order valence-electron chi connectivity index (χ1n) is 2.78. The van der Waals surface area contributed by atoms with Gasteiger partial charge in [0.25, 0.3) is 6.43 Å². The Morgan fingerprint density at radius 3 is 2.08 bits per heavy atom. The predicted molar refractivity (Wildman–Crippen MR) is 28.6 cm³/mol. The highest BCUT2D eigenvalue weighted by Gasteiger charge is 2.36. The van der Waals surface area contributed by atoms with Crippen LogP contribution in [0, 0.1) is 0 Å². The highest BCUT2D eigenvalue weighted by atomic mass is 19.4. The summed E-state index contributed by atoms with van der Waals surface area (Å²) in [5.41, 5.74) is 0. The average molecular weight is 189 g/mol. The molecule has 0 aromatic carbocycles. The Bertz CT molecular complexity index is 183. The molecule has 0 spiro atoms. The molecule has 0 aliphatic rings. The number of hydrogen-bond acceptors (Lipinski definition) is 2. The number of nitrogens with zero attached hydrogens (tertiary/aromatic N) is 1. The number of aliphatic imine (C=N–C) groups is 1. The van der Waals surface area contributed by atoms with Crippen molar-refractivity contribution in [3.63, 3.8) is 0 Å². The summed E-state index contributed by atoms with van der Waals surface area (Å²) in [6, 6.07) is -2.33. The minimum atomic E-state index is -4.75. The van der Waals surface area contributed by atoms with Gasteiger partial charge in [0.2, 0.25) is 6.08 Å². The van der Waals surface area contributed by atoms with Gasteiger partial charge >= 0.3 is 6.18 Å². The summed E-state index contributed by atoms with van der Waals surface area (Å²) >= 11 is 0. The zero-order chi connectivity index (χ0) is 9.78. The van der Waals surface area contributed by atoms with Crippen LogP contribution >= 0.6 is 0 Å². The number of rotatable bonds is 3. The SMILES string of the molecule is O=C=NC(CC(F)(F)F)C(F)F. The van der Waals surface area contributed by atoms with Crippen LogP contribution in [0.5, 0.6) is 0 Å². The van der Waals surface area contributed by atoms with Crippen LogP contribution in [0.2, 0.25) is 0 Å². The van der Waals surface area contributed by atoms with E-state index >= 15 is 0 Å². The molecule has 0 aromatic rings. The molecule has 0 N–H and O–H groups in total. The van der Waals surface area contributed by atoms with Crippen LogP contribution in [0.4, 0.5) is 22.0 Å². The largest absolute Gasteiger partial charge is 0.391 e. The average Bonchev–Trinajstić information content (AvgIpc) is 1.83. The van der Waals surface area contributed by atoms with Gasteiger partial charge in [-0.1, -0.05) is 0 Å². The number of halogens is 5. The molecule has 7 heteroatoms. The maximum absolute atomic E-state index is 11.6. The Hall–Kier alpha value is -0.970. The van der Waals surface area contributed by atoms with Crippen LogP contribution in [0.15, 0.2) is 4.99 Å². The molecular formula is C5H4F5NO. The van der Waals surface area contributed by atoms with E-state index in [9.17, 15) is 26.7 Å². The lowest BCUT2D eigenvalue weighted by Crippen LogP contribution is -2.24. The lowest BCUT2D eigenvalue weighted by atomic mass is 10.2. The van der Waals surface area contributed by atoms with Crippen LogP contribution in [0.25, 0.3) is 0 Å². The van der Waals surface area contributed by atoms with Crippen molar-refractivity contribution in [1.82, 2.24) is 0 Å². The standard InChI is InChI=1S/C5H4F5NO/c6-4(7)3(11-2-12)1-5(8,9)10/h3-4H,1H2.